The second-order valence-electron chi connectivity index (χ2n) is 5.75. The predicted octanol–water partition coefficient (Wildman–Crippen LogP) is 3.06. The molecule has 0 atom stereocenters. The molecule has 0 saturated heterocycles. The van der Waals surface area contributed by atoms with Crippen LogP contribution in [0.25, 0.3) is 0 Å². The summed E-state index contributed by atoms with van der Waals surface area (Å²) in [7, 11) is 0. The van der Waals surface area contributed by atoms with E-state index in [1.807, 2.05) is 13.8 Å². The number of nitrogens with one attached hydrogen (secondary N) is 2. The molecule has 0 aliphatic carbocycles. The number of hydrogen-bond acceptors (Lipinski definition) is 8. The standard InChI is InChI=1S/C19H23N3O6S/c1-5-26-14-8-7-13(9-15(14)27-6-2)21-19(25)22-16(23)10-28-18(24)17-11(3)20-12(4)29-17/h7-9H,5-6,10H2,1-4H3,(H2,21,22,23,25). The minimum atomic E-state index is -0.762. The van der Waals surface area contributed by atoms with Gasteiger partial charge in [0, 0.05) is 11.8 Å². The molecule has 0 spiro atoms. The second-order valence-corrected chi connectivity index (χ2v) is 6.96. The number of hydrogen-bond donors (Lipinski definition) is 2. The number of rotatable bonds is 8. The largest absolute Gasteiger partial charge is 0.490 e. The Morgan fingerprint density at radius 3 is 2.38 bits per heavy atom. The molecule has 1 aromatic carbocycles. The third-order valence-electron chi connectivity index (χ3n) is 3.48. The molecule has 1 heterocycles. The molecular weight excluding hydrogens is 398 g/mol. The first-order chi connectivity index (χ1) is 13.8. The molecule has 2 aromatic rings. The van der Waals surface area contributed by atoms with Crippen molar-refractivity contribution in [1.82, 2.24) is 10.3 Å². The molecule has 2 N–H and O–H groups in total. The molecule has 0 fully saturated rings. The van der Waals surface area contributed by atoms with Crippen LogP contribution in [0.15, 0.2) is 18.2 Å². The summed E-state index contributed by atoms with van der Waals surface area (Å²) in [4.78, 5) is 40.3. The van der Waals surface area contributed by atoms with Crippen molar-refractivity contribution in [2.75, 3.05) is 25.1 Å². The number of carbonyl (C=O) groups is 3. The summed E-state index contributed by atoms with van der Waals surface area (Å²) < 4.78 is 15.9. The Kier molecular flexibility index (Phi) is 7.96. The summed E-state index contributed by atoms with van der Waals surface area (Å²) in [5, 5.41) is 5.34. The van der Waals surface area contributed by atoms with Gasteiger partial charge in [0.05, 0.1) is 23.9 Å². The molecule has 0 unspecified atom stereocenters. The number of imide groups is 1. The molecule has 1 aromatic heterocycles. The van der Waals surface area contributed by atoms with Crippen molar-refractivity contribution < 1.29 is 28.6 Å². The van der Waals surface area contributed by atoms with Crippen LogP contribution in [0.1, 0.15) is 34.2 Å². The van der Waals surface area contributed by atoms with E-state index in [0.717, 1.165) is 5.01 Å². The fourth-order valence-corrected chi connectivity index (χ4v) is 3.18. The van der Waals surface area contributed by atoms with E-state index >= 15 is 0 Å². The molecule has 0 aliphatic rings. The lowest BCUT2D eigenvalue weighted by molar-refractivity contribution is -0.123. The van der Waals surface area contributed by atoms with Gasteiger partial charge >= 0.3 is 12.0 Å². The number of benzene rings is 1. The fourth-order valence-electron chi connectivity index (χ4n) is 2.37. The normalized spacial score (nSPS) is 10.2. The quantitative estimate of drug-likeness (QED) is 0.629. The van der Waals surface area contributed by atoms with Gasteiger partial charge in [-0.15, -0.1) is 11.3 Å². The van der Waals surface area contributed by atoms with Crippen molar-refractivity contribution in [3.05, 3.63) is 33.8 Å². The maximum atomic E-state index is 12.0. The lowest BCUT2D eigenvalue weighted by Crippen LogP contribution is -2.37. The first-order valence-corrected chi connectivity index (χ1v) is 9.77. The molecule has 9 nitrogen and oxygen atoms in total. The van der Waals surface area contributed by atoms with Gasteiger partial charge in [0.2, 0.25) is 0 Å². The Bertz CT molecular complexity index is 896. The highest BCUT2D eigenvalue weighted by Crippen LogP contribution is 2.30. The van der Waals surface area contributed by atoms with Crippen LogP contribution in [0, 0.1) is 13.8 Å². The predicted molar refractivity (Wildman–Crippen MR) is 108 cm³/mol. The summed E-state index contributed by atoms with van der Waals surface area (Å²) >= 11 is 1.18. The number of urea groups is 1. The summed E-state index contributed by atoms with van der Waals surface area (Å²) in [5.41, 5.74) is 0.950. The van der Waals surface area contributed by atoms with Crippen molar-refractivity contribution >= 4 is 34.9 Å². The van der Waals surface area contributed by atoms with Gasteiger partial charge in [0.25, 0.3) is 5.91 Å². The monoisotopic (exact) mass is 421 g/mol. The van der Waals surface area contributed by atoms with E-state index in [4.69, 9.17) is 14.2 Å². The van der Waals surface area contributed by atoms with Gasteiger partial charge in [-0.1, -0.05) is 0 Å². The average molecular weight is 421 g/mol. The van der Waals surface area contributed by atoms with Gasteiger partial charge in [0.1, 0.15) is 4.88 Å². The number of ether oxygens (including phenoxy) is 3. The molecular formula is C19H23N3O6S. The number of thiazole rings is 1. The van der Waals surface area contributed by atoms with E-state index in [1.165, 1.54) is 11.3 Å². The molecule has 156 valence electrons. The maximum absolute atomic E-state index is 12.0. The van der Waals surface area contributed by atoms with E-state index < -0.39 is 24.5 Å². The highest BCUT2D eigenvalue weighted by atomic mass is 32.1. The zero-order chi connectivity index (χ0) is 21.4. The van der Waals surface area contributed by atoms with E-state index in [9.17, 15) is 14.4 Å². The van der Waals surface area contributed by atoms with Gasteiger partial charge < -0.3 is 19.5 Å². The summed E-state index contributed by atoms with van der Waals surface area (Å²) in [6.07, 6.45) is 0. The first kappa shape index (κ1) is 22.2. The highest BCUT2D eigenvalue weighted by Gasteiger charge is 2.17. The van der Waals surface area contributed by atoms with Crippen molar-refractivity contribution in [1.29, 1.82) is 0 Å². The SMILES string of the molecule is CCOc1ccc(NC(=O)NC(=O)COC(=O)c2sc(C)nc2C)cc1OCC. The van der Waals surface area contributed by atoms with E-state index in [1.54, 1.807) is 32.0 Å². The number of aryl methyl sites for hydroxylation is 2. The van der Waals surface area contributed by atoms with Crippen LogP contribution in [0.4, 0.5) is 10.5 Å². The lowest BCUT2D eigenvalue weighted by Gasteiger charge is -2.13. The number of amides is 3. The topological polar surface area (TPSA) is 116 Å². The summed E-state index contributed by atoms with van der Waals surface area (Å²) in [5.74, 6) is -0.387. The Morgan fingerprint density at radius 2 is 1.76 bits per heavy atom. The van der Waals surface area contributed by atoms with Gasteiger partial charge in [-0.25, -0.2) is 14.6 Å². The van der Waals surface area contributed by atoms with E-state index in [2.05, 4.69) is 15.6 Å². The number of carbonyl (C=O) groups excluding carboxylic acids is 3. The van der Waals surface area contributed by atoms with Crippen molar-refractivity contribution in [3.8, 4) is 11.5 Å². The Balaban J connectivity index is 1.88. The average Bonchev–Trinajstić information content (AvgIpc) is 3.00. The van der Waals surface area contributed by atoms with Crippen LogP contribution in [-0.2, 0) is 9.53 Å². The third-order valence-corrected chi connectivity index (χ3v) is 4.53. The molecule has 29 heavy (non-hydrogen) atoms. The summed E-state index contributed by atoms with van der Waals surface area (Å²) in [6, 6.07) is 4.11. The van der Waals surface area contributed by atoms with Gasteiger partial charge in [-0.05, 0) is 39.8 Å². The van der Waals surface area contributed by atoms with Crippen LogP contribution in [-0.4, -0.2) is 42.7 Å². The third kappa shape index (κ3) is 6.46. The van der Waals surface area contributed by atoms with E-state index in [-0.39, 0.29) is 0 Å². The van der Waals surface area contributed by atoms with Gasteiger partial charge in [0.15, 0.2) is 18.1 Å². The number of aromatic nitrogens is 1. The van der Waals surface area contributed by atoms with Crippen LogP contribution in [0.5, 0.6) is 11.5 Å². The fraction of sp³-hybridized carbons (Fsp3) is 0.368. The Morgan fingerprint density at radius 1 is 1.07 bits per heavy atom. The van der Waals surface area contributed by atoms with Gasteiger partial charge in [-0.3, -0.25) is 10.1 Å². The molecule has 0 bridgehead atoms. The minimum absolute atomic E-state index is 0.331. The smallest absolute Gasteiger partial charge is 0.350 e. The highest BCUT2D eigenvalue weighted by molar-refractivity contribution is 7.13. The van der Waals surface area contributed by atoms with Gasteiger partial charge in [-0.2, -0.15) is 0 Å². The molecule has 0 saturated carbocycles. The van der Waals surface area contributed by atoms with Crippen LogP contribution in [0.3, 0.4) is 0 Å². The maximum Gasteiger partial charge on any atom is 0.350 e. The van der Waals surface area contributed by atoms with Crippen LogP contribution >= 0.6 is 11.3 Å². The van der Waals surface area contributed by atoms with Crippen LogP contribution in [0.2, 0.25) is 0 Å². The second kappa shape index (κ2) is 10.4. The Hall–Kier alpha value is -3.14. The Labute approximate surface area is 172 Å². The van der Waals surface area contributed by atoms with Crippen molar-refractivity contribution in [2.45, 2.75) is 27.7 Å². The van der Waals surface area contributed by atoms with Crippen molar-refractivity contribution in [3.63, 3.8) is 0 Å². The molecule has 10 heteroatoms. The molecule has 0 aliphatic heterocycles. The molecule has 0 radical (unpaired) electrons. The zero-order valence-electron chi connectivity index (χ0n) is 16.7. The van der Waals surface area contributed by atoms with Crippen LogP contribution < -0.4 is 20.1 Å². The summed E-state index contributed by atoms with van der Waals surface area (Å²) in [6.45, 7) is 7.45. The lowest BCUT2D eigenvalue weighted by atomic mass is 10.2. The minimum Gasteiger partial charge on any atom is -0.490 e. The zero-order valence-corrected chi connectivity index (χ0v) is 17.5. The van der Waals surface area contributed by atoms with E-state index in [0.29, 0.717) is 41.0 Å². The van der Waals surface area contributed by atoms with Crippen molar-refractivity contribution in [2.24, 2.45) is 0 Å². The number of anilines is 1. The molecule has 2 rings (SSSR count). The number of nitrogens with zero attached hydrogens (tertiary/aromatic N) is 1. The molecule has 3 amide bonds. The number of esters is 1. The first-order valence-electron chi connectivity index (χ1n) is 8.95.